The van der Waals surface area contributed by atoms with Crippen LogP contribution in [-0.2, 0) is 25.5 Å². The van der Waals surface area contributed by atoms with Crippen molar-refractivity contribution in [3.63, 3.8) is 0 Å². The molecule has 6 bridgehead atoms. The number of rotatable bonds is 10. The molecule has 2 spiro atoms. The minimum absolute atomic E-state index is 0.0427. The minimum Gasteiger partial charge on any atom is -0.508 e. The number of aromatic hydroxyl groups is 1. The molecule has 9 nitrogen and oxygen atoms in total. The quantitative estimate of drug-likeness (QED) is 0.128. The predicted octanol–water partition coefficient (Wildman–Crippen LogP) is 8.66. The van der Waals surface area contributed by atoms with Gasteiger partial charge in [-0.15, -0.1) is 0 Å². The average Bonchev–Trinajstić information content (AvgIpc) is 3.78. The van der Waals surface area contributed by atoms with Gasteiger partial charge in [-0.2, -0.15) is 0 Å². The molecule has 0 aromatic heterocycles. The maximum absolute atomic E-state index is 15.1. The van der Waals surface area contributed by atoms with Crippen molar-refractivity contribution in [1.29, 1.82) is 0 Å². The first kappa shape index (κ1) is 41.2. The van der Waals surface area contributed by atoms with Gasteiger partial charge < -0.3 is 35.6 Å². The fourth-order valence-corrected chi connectivity index (χ4v) is 13.4. The summed E-state index contributed by atoms with van der Waals surface area (Å²) in [7, 11) is 4.00. The van der Waals surface area contributed by atoms with Crippen LogP contribution in [0.25, 0.3) is 16.7 Å². The largest absolute Gasteiger partial charge is 0.508 e. The summed E-state index contributed by atoms with van der Waals surface area (Å²) < 4.78 is 13.1. The number of hydrogen-bond donors (Lipinski definition) is 5. The van der Waals surface area contributed by atoms with Crippen LogP contribution in [0.3, 0.4) is 0 Å². The van der Waals surface area contributed by atoms with E-state index in [1.165, 1.54) is 11.1 Å². The second-order valence-corrected chi connectivity index (χ2v) is 19.1. The highest BCUT2D eigenvalue weighted by Crippen LogP contribution is 2.77. The van der Waals surface area contributed by atoms with Crippen molar-refractivity contribution >= 4 is 17.5 Å². The Morgan fingerprint density at radius 1 is 0.903 bits per heavy atom. The molecule has 3 aromatic carbocycles. The van der Waals surface area contributed by atoms with Gasteiger partial charge in [0.25, 0.3) is 0 Å². The molecule has 0 amide bonds. The highest BCUT2D eigenvalue weighted by molar-refractivity contribution is 6.08. The molecule has 8 aliphatic rings. The van der Waals surface area contributed by atoms with Crippen LogP contribution in [0.1, 0.15) is 93.9 Å². The molecule has 3 fully saturated rings. The summed E-state index contributed by atoms with van der Waals surface area (Å²) in [6.07, 6.45) is 13.4. The molecule has 9 heteroatoms. The van der Waals surface area contributed by atoms with Gasteiger partial charge in [0.2, 0.25) is 0 Å². The third kappa shape index (κ3) is 6.56. The molecule has 5 aliphatic carbocycles. The van der Waals surface area contributed by atoms with E-state index in [1.807, 2.05) is 32.3 Å². The van der Waals surface area contributed by atoms with Crippen molar-refractivity contribution in [2.75, 3.05) is 27.2 Å². The number of benzene rings is 3. The van der Waals surface area contributed by atoms with E-state index in [4.69, 9.17) is 9.47 Å². The Labute approximate surface area is 365 Å². The number of esters is 2. The lowest BCUT2D eigenvalue weighted by Gasteiger charge is -2.63. The standard InChI is InChI=1S/C53H61N3O6/c1-4-31(25-32-9-6-5-7-10-32)26-44-53-23-18-41-46(48(53)51(60)62-44)40-29-37(58)14-15-38(40)34-11-8-12-35(27-34)42(54-2)19-22-52(41)21-17-39-43(61-50(59)47(39)49(52)53)16-13-36(30-57)33-20-24-56-45(28-33)55-3/h5-12,14-16,26-27,29,31,33,36,41-42,45,49,54-58H,4,13,17-25,28,30H2,1-3H3/t31-,33-,36+,41+,42+,45-,49-,52-,53-/m0/s1. The van der Waals surface area contributed by atoms with Gasteiger partial charge >= 0.3 is 11.9 Å². The lowest BCUT2D eigenvalue weighted by atomic mass is 9.37. The van der Waals surface area contributed by atoms with Gasteiger partial charge in [-0.25, -0.2) is 9.59 Å². The Morgan fingerprint density at radius 3 is 2.55 bits per heavy atom. The Bertz CT molecular complexity index is 2400. The molecule has 0 unspecified atom stereocenters. The van der Waals surface area contributed by atoms with E-state index in [0.717, 1.165) is 85.7 Å². The van der Waals surface area contributed by atoms with Crippen LogP contribution < -0.4 is 16.0 Å². The number of piperidine rings is 1. The number of cyclic esters (lactones) is 2. The Morgan fingerprint density at radius 2 is 1.76 bits per heavy atom. The van der Waals surface area contributed by atoms with Crippen LogP contribution in [0.5, 0.6) is 5.75 Å². The summed E-state index contributed by atoms with van der Waals surface area (Å²) in [6.45, 7) is 3.15. The monoisotopic (exact) mass is 835 g/mol. The van der Waals surface area contributed by atoms with Gasteiger partial charge in [0.05, 0.1) is 17.2 Å². The van der Waals surface area contributed by atoms with Crippen LogP contribution in [0, 0.1) is 40.4 Å². The first-order chi connectivity index (χ1) is 30.2. The van der Waals surface area contributed by atoms with Crippen LogP contribution in [0.2, 0.25) is 0 Å². The van der Waals surface area contributed by atoms with E-state index in [2.05, 4.69) is 83.6 Å². The highest BCUT2D eigenvalue weighted by atomic mass is 16.6. The van der Waals surface area contributed by atoms with E-state index >= 15 is 4.79 Å². The maximum atomic E-state index is 15.1. The van der Waals surface area contributed by atoms with Crippen molar-refractivity contribution in [3.05, 3.63) is 130 Å². The van der Waals surface area contributed by atoms with E-state index in [-0.39, 0.29) is 60.2 Å². The normalized spacial score (nSPS) is 32.1. The van der Waals surface area contributed by atoms with E-state index in [9.17, 15) is 15.0 Å². The smallest absolute Gasteiger partial charge is 0.340 e. The molecule has 62 heavy (non-hydrogen) atoms. The number of allylic oxidation sites excluding steroid dienone is 5. The Hall–Kier alpha value is -4.80. The fraction of sp³-hybridized carbons (Fsp3) is 0.472. The predicted molar refractivity (Wildman–Crippen MR) is 240 cm³/mol. The lowest BCUT2D eigenvalue weighted by molar-refractivity contribution is -0.136. The minimum atomic E-state index is -0.907. The number of aliphatic hydroxyl groups is 1. The third-order valence-corrected chi connectivity index (χ3v) is 16.4. The molecule has 1 saturated carbocycles. The number of phenols is 1. The topological polar surface area (TPSA) is 129 Å². The summed E-state index contributed by atoms with van der Waals surface area (Å²) in [5.74, 6) is 0.869. The number of carbonyl (C=O) groups is 2. The number of hydrogen-bond acceptors (Lipinski definition) is 9. The molecule has 5 N–H and O–H groups in total. The van der Waals surface area contributed by atoms with Gasteiger partial charge in [0.15, 0.2) is 0 Å². The summed E-state index contributed by atoms with van der Waals surface area (Å²) in [4.78, 5) is 30.0. The number of aliphatic hydroxyl groups excluding tert-OH is 1. The highest BCUT2D eigenvalue weighted by Gasteiger charge is 2.73. The second kappa shape index (κ2) is 16.4. The molecule has 3 heterocycles. The van der Waals surface area contributed by atoms with Crippen LogP contribution in [0.15, 0.2) is 113 Å². The molecule has 9 atom stereocenters. The van der Waals surface area contributed by atoms with Gasteiger partial charge in [-0.1, -0.05) is 61.5 Å². The first-order valence-electron chi connectivity index (χ1n) is 23.2. The van der Waals surface area contributed by atoms with Gasteiger partial charge in [-0.3, -0.25) is 0 Å². The number of nitrogens with one attached hydrogen (secondary N) is 3. The molecule has 3 aromatic rings. The second-order valence-electron chi connectivity index (χ2n) is 19.1. The first-order valence-corrected chi connectivity index (χ1v) is 23.2. The van der Waals surface area contributed by atoms with Crippen molar-refractivity contribution in [2.45, 2.75) is 89.8 Å². The van der Waals surface area contributed by atoms with E-state index < -0.39 is 10.8 Å². The Balaban J connectivity index is 1.18. The molecular formula is C53H61N3O6. The summed E-state index contributed by atoms with van der Waals surface area (Å²) in [5.41, 5.74) is 7.31. The van der Waals surface area contributed by atoms with Crippen LogP contribution in [-0.4, -0.2) is 55.6 Å². The average molecular weight is 836 g/mol. The van der Waals surface area contributed by atoms with Crippen molar-refractivity contribution in [1.82, 2.24) is 16.0 Å². The van der Waals surface area contributed by atoms with Crippen molar-refractivity contribution in [2.24, 2.45) is 40.4 Å². The lowest BCUT2D eigenvalue weighted by Crippen LogP contribution is -2.59. The zero-order valence-corrected chi connectivity index (χ0v) is 36.3. The molecule has 324 valence electrons. The van der Waals surface area contributed by atoms with E-state index in [1.54, 1.807) is 6.07 Å². The van der Waals surface area contributed by atoms with Crippen molar-refractivity contribution < 1.29 is 29.3 Å². The summed E-state index contributed by atoms with van der Waals surface area (Å²) in [6, 6.07) is 24.9. The van der Waals surface area contributed by atoms with Gasteiger partial charge in [-0.05, 0) is 184 Å². The molecule has 2 saturated heterocycles. The molecular weight excluding hydrogens is 775 g/mol. The molecule has 3 aliphatic heterocycles. The summed E-state index contributed by atoms with van der Waals surface area (Å²) in [5, 5.41) is 32.5. The van der Waals surface area contributed by atoms with Crippen molar-refractivity contribution in [3.8, 4) is 16.9 Å². The van der Waals surface area contributed by atoms with Crippen LogP contribution in [0.4, 0.5) is 0 Å². The number of carbonyl (C=O) groups excluding carboxylic acids is 2. The molecule has 11 rings (SSSR count). The zero-order valence-electron chi connectivity index (χ0n) is 36.3. The number of fused-ring (bicyclic) bond motifs is 5. The Kier molecular flexibility index (Phi) is 10.9. The summed E-state index contributed by atoms with van der Waals surface area (Å²) >= 11 is 0. The number of phenolic OH excluding ortho intramolecular Hbond substituents is 1. The van der Waals surface area contributed by atoms with E-state index in [0.29, 0.717) is 47.8 Å². The van der Waals surface area contributed by atoms with Gasteiger partial charge in [0.1, 0.15) is 17.3 Å². The molecule has 0 radical (unpaired) electrons. The third-order valence-electron chi connectivity index (χ3n) is 16.4. The fourth-order valence-electron chi connectivity index (χ4n) is 13.4. The number of ether oxygens (including phenoxy) is 2. The maximum Gasteiger partial charge on any atom is 0.340 e. The zero-order chi connectivity index (χ0) is 42.8. The van der Waals surface area contributed by atoms with Gasteiger partial charge in [0, 0.05) is 29.7 Å². The SMILES string of the molecule is CC[C@H](C=C1OC(=O)C2=C3c4cc(O)ccc4-c4cccc(c4)[C@H](NC)CC[C@]45CCC6=C(C(=O)OC6=CC[C@H](CO)[C@H]6CCN[C@H](NC)C6)[C@@H]4[C@@]12CC[C@H]35)Cc1ccccc1. The van der Waals surface area contributed by atoms with Crippen LogP contribution >= 0.6 is 0 Å².